The Labute approximate surface area is 148 Å². The fourth-order valence-electron chi connectivity index (χ4n) is 2.21. The van der Waals surface area contributed by atoms with Gasteiger partial charge in [-0.1, -0.05) is 48.2 Å². The monoisotopic (exact) mass is 325 g/mol. The predicted octanol–water partition coefficient (Wildman–Crippen LogP) is 4.92. The Hall–Kier alpha value is -3.74. The van der Waals surface area contributed by atoms with Crippen LogP contribution in [0.2, 0.25) is 0 Å². The zero-order valence-electron chi connectivity index (χ0n) is 14.0. The molecular weight excluding hydrogens is 308 g/mol. The Morgan fingerprint density at radius 2 is 1.68 bits per heavy atom. The predicted molar refractivity (Wildman–Crippen MR) is 101 cm³/mol. The number of diazo groups is 1. The number of benzene rings is 2. The van der Waals surface area contributed by atoms with Gasteiger partial charge in [-0.2, -0.15) is 0 Å². The summed E-state index contributed by atoms with van der Waals surface area (Å²) >= 11 is 0. The van der Waals surface area contributed by atoms with Crippen molar-refractivity contribution in [1.82, 2.24) is 0 Å². The first-order chi connectivity index (χ1) is 12.2. The highest BCUT2D eigenvalue weighted by molar-refractivity contribution is 5.69. The molecule has 1 N–H and O–H groups in total. The van der Waals surface area contributed by atoms with Gasteiger partial charge in [0.15, 0.2) is 4.98 Å². The van der Waals surface area contributed by atoms with Crippen LogP contribution >= 0.6 is 0 Å². The van der Waals surface area contributed by atoms with Gasteiger partial charge in [-0.15, -0.1) is 6.58 Å². The van der Waals surface area contributed by atoms with Gasteiger partial charge < -0.3 is 5.11 Å². The van der Waals surface area contributed by atoms with E-state index >= 15 is 0 Å². The van der Waals surface area contributed by atoms with Crippen LogP contribution in [0.15, 0.2) is 66.9 Å². The fourth-order valence-corrected chi connectivity index (χ4v) is 2.21. The Balaban J connectivity index is 2.34. The fraction of sp³-hybridized carbons (Fsp3) is 0.0909. The zero-order chi connectivity index (χ0) is 18.1. The van der Waals surface area contributed by atoms with Crippen molar-refractivity contribution in [1.29, 1.82) is 5.39 Å². The number of hydrogen-bond acceptors (Lipinski definition) is 2. The van der Waals surface area contributed by atoms with Crippen molar-refractivity contribution in [3.05, 3.63) is 94.1 Å². The van der Waals surface area contributed by atoms with E-state index in [1.165, 1.54) is 6.92 Å². The van der Waals surface area contributed by atoms with E-state index in [9.17, 15) is 5.11 Å². The van der Waals surface area contributed by atoms with Gasteiger partial charge in [-0.25, -0.2) is 0 Å². The third-order valence-corrected chi connectivity index (χ3v) is 3.51. The summed E-state index contributed by atoms with van der Waals surface area (Å²) in [4.78, 5) is 3.01. The van der Waals surface area contributed by atoms with Gasteiger partial charge in [0.1, 0.15) is 0 Å². The van der Waals surface area contributed by atoms with E-state index < -0.39 is 0 Å². The van der Waals surface area contributed by atoms with E-state index in [0.717, 1.165) is 17.5 Å². The van der Waals surface area contributed by atoms with Gasteiger partial charge in [0.05, 0.1) is 0 Å². The van der Waals surface area contributed by atoms with Crippen LogP contribution in [0.5, 0.6) is 0 Å². The largest absolute Gasteiger partial charge is 0.501 e. The van der Waals surface area contributed by atoms with Crippen LogP contribution in [-0.2, 0) is 6.42 Å². The molecule has 0 unspecified atom stereocenters. The Kier molecular flexibility index (Phi) is 6.18. The summed E-state index contributed by atoms with van der Waals surface area (Å²) in [6.45, 7) is 5.26. The lowest BCUT2D eigenvalue weighted by molar-refractivity contribution is 0.507. The second-order valence-corrected chi connectivity index (χ2v) is 5.23. The molecule has 2 aromatic rings. The molecule has 0 saturated carbocycles. The first-order valence-electron chi connectivity index (χ1n) is 7.72. The van der Waals surface area contributed by atoms with Crippen LogP contribution < -0.4 is 0 Å². The summed E-state index contributed by atoms with van der Waals surface area (Å²) in [5, 5.41) is 18.9. The topological polar surface area (TPSA) is 48.4 Å². The molecule has 0 aromatic heterocycles. The van der Waals surface area contributed by atoms with Gasteiger partial charge in [0, 0.05) is 23.6 Å². The van der Waals surface area contributed by atoms with Gasteiger partial charge in [0.2, 0.25) is 11.2 Å². The van der Waals surface area contributed by atoms with E-state index in [1.54, 1.807) is 18.2 Å². The number of nitrogens with zero attached hydrogens (tertiary/aromatic N) is 2. The van der Waals surface area contributed by atoms with Gasteiger partial charge in [0.25, 0.3) is 0 Å². The van der Waals surface area contributed by atoms with Crippen LogP contribution in [0.1, 0.15) is 29.2 Å². The van der Waals surface area contributed by atoms with Crippen molar-refractivity contribution in [3.63, 3.8) is 0 Å². The lowest BCUT2D eigenvalue weighted by Crippen LogP contribution is -1.90. The third-order valence-electron chi connectivity index (χ3n) is 3.51. The minimum Gasteiger partial charge on any atom is -0.501 e. The van der Waals surface area contributed by atoms with Crippen molar-refractivity contribution in [3.8, 4) is 23.7 Å². The van der Waals surface area contributed by atoms with Crippen molar-refractivity contribution < 1.29 is 5.11 Å². The highest BCUT2D eigenvalue weighted by Crippen LogP contribution is 2.20. The number of rotatable bonds is 3. The molecule has 0 heterocycles. The number of allylic oxidation sites excluding steroid dienone is 2. The molecule has 25 heavy (non-hydrogen) atoms. The molecule has 0 amide bonds. The number of aliphatic hydroxyl groups is 1. The maximum Gasteiger partial charge on any atom is 0.400 e. The van der Waals surface area contributed by atoms with Crippen LogP contribution in [-0.4, -0.2) is 5.11 Å². The first kappa shape index (κ1) is 17.6. The highest BCUT2D eigenvalue weighted by atomic mass is 16.3. The summed E-state index contributed by atoms with van der Waals surface area (Å²) in [7, 11) is 0. The first-order valence-corrected chi connectivity index (χ1v) is 7.72. The standard InChI is InChI=1S/C22H16N2O/c1-3-10-18-11-4-5-12-19(18)13-6-7-14-20-15-8-9-16-21(20)22(25)17(2)24-23/h3-5,8-9,11-12,15-16H,1,10H2,2H3/p+1/b22-17-. The molecule has 3 heteroatoms. The SMILES string of the molecule is C=CCc1ccccc1C#CC#Cc1ccccc1/C(O)=C(\C)[N+]#N. The summed E-state index contributed by atoms with van der Waals surface area (Å²) in [5.41, 5.74) is 3.25. The average molecular weight is 325 g/mol. The van der Waals surface area contributed by atoms with Crippen LogP contribution in [0.4, 0.5) is 0 Å². The van der Waals surface area contributed by atoms with Gasteiger partial charge in [-0.3, -0.25) is 0 Å². The third kappa shape index (κ3) is 4.61. The molecule has 0 saturated heterocycles. The average Bonchev–Trinajstić information content (AvgIpc) is 2.65. The van der Waals surface area contributed by atoms with E-state index in [-0.39, 0.29) is 11.5 Å². The Morgan fingerprint density at radius 3 is 2.36 bits per heavy atom. The van der Waals surface area contributed by atoms with E-state index in [1.807, 2.05) is 36.4 Å². The Morgan fingerprint density at radius 1 is 1.08 bits per heavy atom. The lowest BCUT2D eigenvalue weighted by Gasteiger charge is -2.00. The molecule has 3 nitrogen and oxygen atoms in total. The highest BCUT2D eigenvalue weighted by Gasteiger charge is 2.15. The minimum atomic E-state index is -0.114. The van der Waals surface area contributed by atoms with Gasteiger partial charge >= 0.3 is 5.70 Å². The lowest BCUT2D eigenvalue weighted by atomic mass is 10.0. The molecule has 0 aliphatic heterocycles. The second-order valence-electron chi connectivity index (χ2n) is 5.23. The van der Waals surface area contributed by atoms with E-state index in [4.69, 9.17) is 5.39 Å². The molecule has 2 aromatic carbocycles. The minimum absolute atomic E-state index is 0.114. The van der Waals surface area contributed by atoms with Crippen molar-refractivity contribution >= 4 is 5.76 Å². The summed E-state index contributed by atoms with van der Waals surface area (Å²) in [6, 6.07) is 14.9. The van der Waals surface area contributed by atoms with Crippen LogP contribution in [0.3, 0.4) is 0 Å². The molecule has 0 spiro atoms. The molecule has 0 aliphatic rings. The van der Waals surface area contributed by atoms with E-state index in [0.29, 0.717) is 11.1 Å². The van der Waals surface area contributed by atoms with Gasteiger partial charge in [-0.05, 0) is 42.0 Å². The smallest absolute Gasteiger partial charge is 0.400 e. The molecule has 2 rings (SSSR count). The maximum absolute atomic E-state index is 10.1. The zero-order valence-corrected chi connectivity index (χ0v) is 14.0. The molecule has 0 bridgehead atoms. The van der Waals surface area contributed by atoms with Crippen molar-refractivity contribution in [2.24, 2.45) is 0 Å². The van der Waals surface area contributed by atoms with Crippen LogP contribution in [0.25, 0.3) is 10.7 Å². The Bertz CT molecular complexity index is 986. The van der Waals surface area contributed by atoms with Crippen molar-refractivity contribution in [2.75, 3.05) is 0 Å². The van der Waals surface area contributed by atoms with Crippen molar-refractivity contribution in [2.45, 2.75) is 13.3 Å². The summed E-state index contributed by atoms with van der Waals surface area (Å²) < 4.78 is 0. The molecular formula is C22H17N2O+. The number of hydrogen-bond donors (Lipinski definition) is 1. The molecule has 0 radical (unpaired) electrons. The van der Waals surface area contributed by atoms with Crippen LogP contribution in [0, 0.1) is 29.1 Å². The quantitative estimate of drug-likeness (QED) is 0.377. The second kappa shape index (κ2) is 8.78. The summed E-state index contributed by atoms with van der Waals surface area (Å²) in [5.74, 6) is 11.5. The normalized spacial score (nSPS) is 10.2. The molecule has 0 aliphatic carbocycles. The van der Waals surface area contributed by atoms with E-state index in [2.05, 4.69) is 35.2 Å². The summed E-state index contributed by atoms with van der Waals surface area (Å²) in [6.07, 6.45) is 2.59. The maximum atomic E-state index is 10.1. The molecule has 0 fully saturated rings. The number of aliphatic hydroxyl groups excluding tert-OH is 1. The molecule has 0 atom stereocenters. The molecule has 120 valence electrons.